The molecule has 1 aliphatic carbocycles. The van der Waals surface area contributed by atoms with Gasteiger partial charge in [-0.15, -0.1) is 0 Å². The van der Waals surface area contributed by atoms with E-state index in [1.165, 1.54) is 55.1 Å². The summed E-state index contributed by atoms with van der Waals surface area (Å²) in [5, 5.41) is 4.76. The Kier molecular flexibility index (Phi) is 4.67. The fourth-order valence-corrected chi connectivity index (χ4v) is 6.75. The van der Waals surface area contributed by atoms with Gasteiger partial charge in [0.2, 0.25) is 0 Å². The molecular formula is C38H25NO. The summed E-state index contributed by atoms with van der Waals surface area (Å²) in [4.78, 5) is 3.55. The van der Waals surface area contributed by atoms with Gasteiger partial charge < -0.3 is 4.42 Å². The van der Waals surface area contributed by atoms with E-state index < -0.39 is 0 Å². The van der Waals surface area contributed by atoms with Crippen molar-refractivity contribution >= 4 is 38.4 Å². The van der Waals surface area contributed by atoms with Gasteiger partial charge in [-0.05, 0) is 73.5 Å². The monoisotopic (exact) mass is 511 g/mol. The van der Waals surface area contributed by atoms with Gasteiger partial charge in [-0.3, -0.25) is 0 Å². The molecular weight excluding hydrogens is 486 g/mol. The van der Waals surface area contributed by atoms with E-state index in [-0.39, 0.29) is 5.41 Å². The molecule has 0 bridgehead atoms. The summed E-state index contributed by atoms with van der Waals surface area (Å²) in [6.45, 7) is 11.9. The SMILES string of the molecule is [C-]#[N+]c1ccc(-c2ccc(-c3ccc4oc5ccc6c(c5c4c3)-c3ccccc3C6(C)C)c3ccccc23)cc1. The number of rotatable bonds is 2. The number of furan rings is 1. The van der Waals surface area contributed by atoms with Crippen LogP contribution in [0, 0.1) is 6.57 Å². The van der Waals surface area contributed by atoms with Gasteiger partial charge in [-0.25, -0.2) is 4.85 Å². The van der Waals surface area contributed by atoms with Crippen molar-refractivity contribution in [3.63, 3.8) is 0 Å². The normalized spacial score (nSPS) is 13.4. The van der Waals surface area contributed by atoms with Crippen LogP contribution in [0.5, 0.6) is 0 Å². The third kappa shape index (κ3) is 3.09. The molecule has 0 fully saturated rings. The molecule has 188 valence electrons. The molecule has 40 heavy (non-hydrogen) atoms. The first-order chi connectivity index (χ1) is 19.5. The van der Waals surface area contributed by atoms with Crippen LogP contribution < -0.4 is 0 Å². The van der Waals surface area contributed by atoms with Crippen LogP contribution in [0.1, 0.15) is 25.0 Å². The van der Waals surface area contributed by atoms with Crippen LogP contribution in [-0.2, 0) is 5.41 Å². The van der Waals surface area contributed by atoms with Crippen molar-refractivity contribution in [3.05, 3.63) is 138 Å². The number of fused-ring (bicyclic) bond motifs is 8. The van der Waals surface area contributed by atoms with Gasteiger partial charge in [-0.1, -0.05) is 111 Å². The van der Waals surface area contributed by atoms with Crippen molar-refractivity contribution in [1.82, 2.24) is 0 Å². The fourth-order valence-electron chi connectivity index (χ4n) is 6.75. The summed E-state index contributed by atoms with van der Waals surface area (Å²) in [6, 6.07) is 40.7. The summed E-state index contributed by atoms with van der Waals surface area (Å²) in [7, 11) is 0. The summed E-state index contributed by atoms with van der Waals surface area (Å²) < 4.78 is 6.41. The average Bonchev–Trinajstić information content (AvgIpc) is 3.48. The van der Waals surface area contributed by atoms with Crippen molar-refractivity contribution in [2.75, 3.05) is 0 Å². The second-order valence-electron chi connectivity index (χ2n) is 11.2. The van der Waals surface area contributed by atoms with Crippen LogP contribution in [0.3, 0.4) is 0 Å². The molecule has 0 saturated carbocycles. The Bertz CT molecular complexity index is 2190. The fraction of sp³-hybridized carbons (Fsp3) is 0.0789. The molecule has 7 aromatic rings. The maximum Gasteiger partial charge on any atom is 0.187 e. The maximum absolute atomic E-state index is 7.28. The molecule has 0 N–H and O–H groups in total. The van der Waals surface area contributed by atoms with Gasteiger partial charge in [0.1, 0.15) is 11.2 Å². The Morgan fingerprint density at radius 3 is 1.98 bits per heavy atom. The minimum atomic E-state index is -0.0552. The highest BCUT2D eigenvalue weighted by Gasteiger charge is 2.37. The highest BCUT2D eigenvalue weighted by atomic mass is 16.3. The van der Waals surface area contributed by atoms with Crippen LogP contribution in [0.15, 0.2) is 120 Å². The van der Waals surface area contributed by atoms with Gasteiger partial charge in [0.15, 0.2) is 5.69 Å². The van der Waals surface area contributed by atoms with Crippen molar-refractivity contribution in [1.29, 1.82) is 0 Å². The number of nitrogens with zero attached hydrogens (tertiary/aromatic N) is 1. The minimum absolute atomic E-state index is 0.0552. The van der Waals surface area contributed by atoms with Gasteiger partial charge in [0, 0.05) is 16.2 Å². The summed E-state index contributed by atoms with van der Waals surface area (Å²) >= 11 is 0. The van der Waals surface area contributed by atoms with E-state index in [9.17, 15) is 0 Å². The molecule has 2 heteroatoms. The molecule has 6 aromatic carbocycles. The molecule has 1 aliphatic rings. The van der Waals surface area contributed by atoms with E-state index in [2.05, 4.69) is 110 Å². The quantitative estimate of drug-likeness (QED) is 0.211. The lowest BCUT2D eigenvalue weighted by molar-refractivity contribution is 0.656. The van der Waals surface area contributed by atoms with E-state index in [0.29, 0.717) is 5.69 Å². The molecule has 0 unspecified atom stereocenters. The molecule has 0 amide bonds. The maximum atomic E-state index is 7.28. The minimum Gasteiger partial charge on any atom is -0.456 e. The zero-order chi connectivity index (χ0) is 27.0. The van der Waals surface area contributed by atoms with Gasteiger partial charge in [-0.2, -0.15) is 0 Å². The topological polar surface area (TPSA) is 17.5 Å². The predicted molar refractivity (Wildman–Crippen MR) is 166 cm³/mol. The highest BCUT2D eigenvalue weighted by Crippen LogP contribution is 2.53. The van der Waals surface area contributed by atoms with Crippen LogP contribution >= 0.6 is 0 Å². The van der Waals surface area contributed by atoms with E-state index >= 15 is 0 Å². The third-order valence-corrected chi connectivity index (χ3v) is 8.72. The zero-order valence-electron chi connectivity index (χ0n) is 22.3. The smallest absolute Gasteiger partial charge is 0.187 e. The molecule has 1 aromatic heterocycles. The number of hydrogen-bond acceptors (Lipinski definition) is 1. The second kappa shape index (κ2) is 8.18. The van der Waals surface area contributed by atoms with Crippen LogP contribution in [0.2, 0.25) is 0 Å². The summed E-state index contributed by atoms with van der Waals surface area (Å²) in [5.41, 5.74) is 12.4. The van der Waals surface area contributed by atoms with Crippen molar-refractivity contribution in [2.45, 2.75) is 19.3 Å². The van der Waals surface area contributed by atoms with E-state index in [1.807, 2.05) is 24.3 Å². The Balaban J connectivity index is 1.37. The van der Waals surface area contributed by atoms with Crippen molar-refractivity contribution in [3.8, 4) is 33.4 Å². The average molecular weight is 512 g/mol. The predicted octanol–water partition coefficient (Wildman–Crippen LogP) is 10.9. The molecule has 0 radical (unpaired) electrons. The molecule has 0 spiro atoms. The van der Waals surface area contributed by atoms with Crippen LogP contribution in [-0.4, -0.2) is 0 Å². The van der Waals surface area contributed by atoms with E-state index in [1.54, 1.807) is 0 Å². The largest absolute Gasteiger partial charge is 0.456 e. The van der Waals surface area contributed by atoms with E-state index in [4.69, 9.17) is 11.0 Å². The lowest BCUT2D eigenvalue weighted by Crippen LogP contribution is -2.14. The first-order valence-corrected chi connectivity index (χ1v) is 13.6. The first-order valence-electron chi connectivity index (χ1n) is 13.6. The van der Waals surface area contributed by atoms with Gasteiger partial charge in [0.05, 0.1) is 6.57 Å². The standard InChI is InChI=1S/C38H25NO/c1-38(2)32-11-7-6-10-30(32)36-33(38)19-21-35-37(36)31-22-24(14-20-34(31)40-35)27-18-17-26(28-8-4-5-9-29(27)28)23-12-15-25(39-3)16-13-23/h4-22H,1-2H3. The second-order valence-corrected chi connectivity index (χ2v) is 11.2. The van der Waals surface area contributed by atoms with E-state index in [0.717, 1.165) is 22.1 Å². The molecule has 2 nitrogen and oxygen atoms in total. The lowest BCUT2D eigenvalue weighted by atomic mass is 9.82. The zero-order valence-corrected chi connectivity index (χ0v) is 22.3. The van der Waals surface area contributed by atoms with Crippen LogP contribution in [0.25, 0.3) is 70.9 Å². The third-order valence-electron chi connectivity index (χ3n) is 8.72. The number of benzene rings is 6. The Hall–Kier alpha value is -5.13. The highest BCUT2D eigenvalue weighted by molar-refractivity contribution is 6.16. The van der Waals surface area contributed by atoms with Gasteiger partial charge >= 0.3 is 0 Å². The van der Waals surface area contributed by atoms with Gasteiger partial charge in [0.25, 0.3) is 0 Å². The lowest BCUT2D eigenvalue weighted by Gasteiger charge is -2.21. The Morgan fingerprint density at radius 1 is 0.575 bits per heavy atom. The molecule has 8 rings (SSSR count). The molecule has 1 heterocycles. The summed E-state index contributed by atoms with van der Waals surface area (Å²) in [5.74, 6) is 0. The summed E-state index contributed by atoms with van der Waals surface area (Å²) in [6.07, 6.45) is 0. The number of hydrogen-bond donors (Lipinski definition) is 0. The Labute approximate surface area is 232 Å². The molecule has 0 atom stereocenters. The molecule has 0 aliphatic heterocycles. The van der Waals surface area contributed by atoms with Crippen molar-refractivity contribution in [2.24, 2.45) is 0 Å². The van der Waals surface area contributed by atoms with Crippen LogP contribution in [0.4, 0.5) is 5.69 Å². The van der Waals surface area contributed by atoms with Crippen molar-refractivity contribution < 1.29 is 4.42 Å². The first kappa shape index (κ1) is 22.8. The molecule has 0 saturated heterocycles. The Morgan fingerprint density at radius 2 is 1.23 bits per heavy atom.